The quantitative estimate of drug-likeness (QED) is 0.711. The number of piperazine rings is 1. The number of benzene rings is 1. The molecule has 1 aromatic heterocycles. The Bertz CT molecular complexity index is 1110. The monoisotopic (exact) mass is 435 g/mol. The molecule has 3 amide bonds. The van der Waals surface area contributed by atoms with Crippen LogP contribution in [-0.4, -0.2) is 83.8 Å². The van der Waals surface area contributed by atoms with Gasteiger partial charge in [0.05, 0.1) is 12.1 Å². The van der Waals surface area contributed by atoms with E-state index in [1.807, 2.05) is 18.2 Å². The second-order valence-electron chi connectivity index (χ2n) is 8.35. The van der Waals surface area contributed by atoms with Crippen LogP contribution in [0.25, 0.3) is 0 Å². The molecule has 0 atom stereocenters. The van der Waals surface area contributed by atoms with Crippen molar-refractivity contribution in [3.8, 4) is 5.75 Å². The molecule has 5 rings (SSSR count). The standard InChI is InChI=1S/C23H25N5O4/c1-15(29)26-5-7-27(8-6-26)22(30)16-12-20-21(24-13-16)28(9-10-32-20)18-3-4-19-17(11-18)14-25(2)23(19)31/h3-4,11-13H,5-10,14H2,1-2H3. The van der Waals surface area contributed by atoms with Crippen LogP contribution in [0.3, 0.4) is 0 Å². The molecule has 4 heterocycles. The average molecular weight is 435 g/mol. The number of carbonyl (C=O) groups is 3. The fraction of sp³-hybridized carbons (Fsp3) is 0.391. The fourth-order valence-electron chi connectivity index (χ4n) is 4.49. The summed E-state index contributed by atoms with van der Waals surface area (Å²) >= 11 is 0. The molecule has 32 heavy (non-hydrogen) atoms. The summed E-state index contributed by atoms with van der Waals surface area (Å²) in [5.74, 6) is 1.19. The number of fused-ring (bicyclic) bond motifs is 2. The Morgan fingerprint density at radius 1 is 1.03 bits per heavy atom. The maximum absolute atomic E-state index is 13.0. The van der Waals surface area contributed by atoms with Gasteiger partial charge in [0, 0.05) is 64.1 Å². The number of aromatic nitrogens is 1. The number of anilines is 2. The van der Waals surface area contributed by atoms with Gasteiger partial charge < -0.3 is 24.3 Å². The molecule has 0 aliphatic carbocycles. The lowest BCUT2D eigenvalue weighted by molar-refractivity contribution is -0.130. The van der Waals surface area contributed by atoms with E-state index in [1.165, 1.54) is 0 Å². The Morgan fingerprint density at radius 3 is 2.53 bits per heavy atom. The van der Waals surface area contributed by atoms with Crippen molar-refractivity contribution in [3.05, 3.63) is 47.2 Å². The average Bonchev–Trinajstić information content (AvgIpc) is 3.10. The minimum Gasteiger partial charge on any atom is -0.488 e. The van der Waals surface area contributed by atoms with Crippen molar-refractivity contribution in [1.29, 1.82) is 0 Å². The smallest absolute Gasteiger partial charge is 0.255 e. The van der Waals surface area contributed by atoms with Crippen LogP contribution >= 0.6 is 0 Å². The fourth-order valence-corrected chi connectivity index (χ4v) is 4.49. The van der Waals surface area contributed by atoms with E-state index < -0.39 is 0 Å². The predicted octanol–water partition coefficient (Wildman–Crippen LogP) is 1.50. The Morgan fingerprint density at radius 2 is 1.78 bits per heavy atom. The number of pyridine rings is 1. The zero-order valence-corrected chi connectivity index (χ0v) is 18.2. The Hall–Kier alpha value is -3.62. The van der Waals surface area contributed by atoms with Crippen molar-refractivity contribution in [2.24, 2.45) is 0 Å². The molecule has 0 unspecified atom stereocenters. The lowest BCUT2D eigenvalue weighted by atomic mass is 10.1. The molecule has 0 saturated carbocycles. The topological polar surface area (TPSA) is 86.3 Å². The van der Waals surface area contributed by atoms with Crippen molar-refractivity contribution in [3.63, 3.8) is 0 Å². The molecule has 166 valence electrons. The SMILES string of the molecule is CC(=O)N1CCN(C(=O)c2cnc3c(c2)OCCN3c2ccc3c(c2)CN(C)C3=O)CC1. The zero-order valence-electron chi connectivity index (χ0n) is 18.2. The van der Waals surface area contributed by atoms with E-state index in [-0.39, 0.29) is 17.7 Å². The summed E-state index contributed by atoms with van der Waals surface area (Å²) in [5.41, 5.74) is 3.16. The van der Waals surface area contributed by atoms with Gasteiger partial charge in [-0.15, -0.1) is 0 Å². The zero-order chi connectivity index (χ0) is 22.4. The molecule has 3 aliphatic rings. The summed E-state index contributed by atoms with van der Waals surface area (Å²) in [4.78, 5) is 48.5. The second kappa shape index (κ2) is 7.81. The summed E-state index contributed by atoms with van der Waals surface area (Å²) in [5, 5.41) is 0. The highest BCUT2D eigenvalue weighted by Crippen LogP contribution is 2.37. The van der Waals surface area contributed by atoms with E-state index >= 15 is 0 Å². The molecule has 9 nitrogen and oxygen atoms in total. The van der Waals surface area contributed by atoms with Gasteiger partial charge >= 0.3 is 0 Å². The number of nitrogens with zero attached hydrogens (tertiary/aromatic N) is 5. The summed E-state index contributed by atoms with van der Waals surface area (Å²) in [6.07, 6.45) is 1.59. The van der Waals surface area contributed by atoms with Gasteiger partial charge in [0.2, 0.25) is 5.91 Å². The van der Waals surface area contributed by atoms with Crippen LogP contribution in [0.2, 0.25) is 0 Å². The summed E-state index contributed by atoms with van der Waals surface area (Å²) in [6.45, 7) is 5.33. The van der Waals surface area contributed by atoms with Crippen LogP contribution in [0, 0.1) is 0 Å². The lowest BCUT2D eigenvalue weighted by Crippen LogP contribution is -2.50. The van der Waals surface area contributed by atoms with E-state index in [0.717, 1.165) is 16.8 Å². The Balaban J connectivity index is 1.37. The van der Waals surface area contributed by atoms with Gasteiger partial charge in [0.25, 0.3) is 11.8 Å². The summed E-state index contributed by atoms with van der Waals surface area (Å²) in [7, 11) is 1.80. The molecular formula is C23H25N5O4. The number of amides is 3. The van der Waals surface area contributed by atoms with E-state index in [4.69, 9.17) is 4.74 Å². The van der Waals surface area contributed by atoms with Crippen LogP contribution in [0.15, 0.2) is 30.5 Å². The van der Waals surface area contributed by atoms with Crippen molar-refractivity contribution in [2.45, 2.75) is 13.5 Å². The normalized spacial score (nSPS) is 17.8. The highest BCUT2D eigenvalue weighted by Gasteiger charge is 2.29. The van der Waals surface area contributed by atoms with Crippen molar-refractivity contribution in [2.75, 3.05) is 51.3 Å². The van der Waals surface area contributed by atoms with Gasteiger partial charge in [-0.25, -0.2) is 4.98 Å². The number of ether oxygens (including phenoxy) is 1. The highest BCUT2D eigenvalue weighted by molar-refractivity contribution is 5.99. The van der Waals surface area contributed by atoms with Crippen molar-refractivity contribution in [1.82, 2.24) is 19.7 Å². The van der Waals surface area contributed by atoms with Gasteiger partial charge in [-0.1, -0.05) is 0 Å². The van der Waals surface area contributed by atoms with Gasteiger partial charge in [0.1, 0.15) is 6.61 Å². The van der Waals surface area contributed by atoms with E-state index in [0.29, 0.717) is 63.0 Å². The Kier molecular flexibility index (Phi) is 4.96. The highest BCUT2D eigenvalue weighted by atomic mass is 16.5. The van der Waals surface area contributed by atoms with Crippen molar-refractivity contribution < 1.29 is 19.1 Å². The molecule has 0 radical (unpaired) electrons. The van der Waals surface area contributed by atoms with E-state index in [1.54, 1.807) is 40.9 Å². The Labute approximate surface area is 186 Å². The third-order valence-corrected chi connectivity index (χ3v) is 6.31. The molecular weight excluding hydrogens is 410 g/mol. The second-order valence-corrected chi connectivity index (χ2v) is 8.35. The molecule has 9 heteroatoms. The number of hydrogen-bond acceptors (Lipinski definition) is 6. The maximum atomic E-state index is 13.0. The van der Waals surface area contributed by atoms with E-state index in [2.05, 4.69) is 9.88 Å². The number of rotatable bonds is 2. The molecule has 0 spiro atoms. The molecule has 0 N–H and O–H groups in total. The molecule has 1 aromatic carbocycles. The third kappa shape index (κ3) is 3.43. The first kappa shape index (κ1) is 20.3. The largest absolute Gasteiger partial charge is 0.488 e. The molecule has 1 fully saturated rings. The number of carbonyl (C=O) groups excluding carboxylic acids is 3. The van der Waals surface area contributed by atoms with Crippen molar-refractivity contribution >= 4 is 29.2 Å². The first-order valence-corrected chi connectivity index (χ1v) is 10.8. The minimum atomic E-state index is -0.108. The molecule has 1 saturated heterocycles. The first-order chi connectivity index (χ1) is 15.4. The molecule has 2 aromatic rings. The van der Waals surface area contributed by atoms with Crippen LogP contribution in [0.1, 0.15) is 33.2 Å². The minimum absolute atomic E-state index is 0.0311. The summed E-state index contributed by atoms with van der Waals surface area (Å²) in [6, 6.07) is 7.57. The van der Waals surface area contributed by atoms with Gasteiger partial charge in [-0.2, -0.15) is 0 Å². The molecule has 0 bridgehead atoms. The van der Waals surface area contributed by atoms with Gasteiger partial charge in [-0.05, 0) is 29.8 Å². The van der Waals surface area contributed by atoms with Gasteiger partial charge in [0.15, 0.2) is 11.6 Å². The van der Waals surface area contributed by atoms with Crippen LogP contribution < -0.4 is 9.64 Å². The number of hydrogen-bond donors (Lipinski definition) is 0. The lowest BCUT2D eigenvalue weighted by Gasteiger charge is -2.34. The van der Waals surface area contributed by atoms with Crippen LogP contribution in [0.4, 0.5) is 11.5 Å². The van der Waals surface area contributed by atoms with E-state index in [9.17, 15) is 14.4 Å². The first-order valence-electron chi connectivity index (χ1n) is 10.8. The van der Waals surface area contributed by atoms with Crippen LogP contribution in [0.5, 0.6) is 5.75 Å². The van der Waals surface area contributed by atoms with Gasteiger partial charge in [-0.3, -0.25) is 14.4 Å². The predicted molar refractivity (Wildman–Crippen MR) is 117 cm³/mol. The maximum Gasteiger partial charge on any atom is 0.255 e. The summed E-state index contributed by atoms with van der Waals surface area (Å²) < 4.78 is 5.84. The van der Waals surface area contributed by atoms with Crippen LogP contribution in [-0.2, 0) is 11.3 Å². The third-order valence-electron chi connectivity index (χ3n) is 6.31. The molecule has 3 aliphatic heterocycles.